The molecular weight excluding hydrogens is 467 g/mol. The average molecular weight is 491 g/mol. The molecule has 1 heterocycles. The second-order valence-corrected chi connectivity index (χ2v) is 9.92. The lowest BCUT2D eigenvalue weighted by Crippen LogP contribution is -2.52. The first-order chi connectivity index (χ1) is 16.5. The van der Waals surface area contributed by atoms with Crippen LogP contribution in [0, 0.1) is 17.2 Å². The molecule has 0 spiro atoms. The fraction of sp³-hybridized carbons (Fsp3) is 0.286. The molecule has 3 aromatic carbocycles. The van der Waals surface area contributed by atoms with E-state index in [0.717, 1.165) is 29.5 Å². The Morgan fingerprint density at radius 1 is 0.941 bits per heavy atom. The Hall–Kier alpha value is -2.84. The van der Waals surface area contributed by atoms with Gasteiger partial charge >= 0.3 is 0 Å². The Bertz CT molecular complexity index is 1220. The predicted molar refractivity (Wildman–Crippen MR) is 133 cm³/mol. The molecule has 4 nitrogen and oxygen atoms in total. The largest absolute Gasteiger partial charge is 0.358 e. The summed E-state index contributed by atoms with van der Waals surface area (Å²) in [6.45, 7) is 0.705. The lowest BCUT2D eigenvalue weighted by molar-refractivity contribution is -0.174. The molecule has 6 heteroatoms. The molecule has 1 saturated heterocycles. The number of amides is 1. The van der Waals surface area contributed by atoms with E-state index >= 15 is 0 Å². The van der Waals surface area contributed by atoms with Gasteiger partial charge in [0.1, 0.15) is 12.2 Å². The third-order valence-corrected chi connectivity index (χ3v) is 7.02. The van der Waals surface area contributed by atoms with Crippen LogP contribution in [0.15, 0.2) is 72.8 Å². The molecule has 2 fully saturated rings. The van der Waals surface area contributed by atoms with Crippen LogP contribution in [-0.4, -0.2) is 23.5 Å². The normalized spacial score (nSPS) is 22.4. The molecule has 1 aliphatic carbocycles. The summed E-state index contributed by atoms with van der Waals surface area (Å²) in [5, 5.41) is 10.4. The number of halogens is 2. The van der Waals surface area contributed by atoms with Gasteiger partial charge in [-0.15, -0.1) is 0 Å². The van der Waals surface area contributed by atoms with Crippen LogP contribution in [0.4, 0.5) is 0 Å². The van der Waals surface area contributed by atoms with Crippen LogP contribution in [0.3, 0.4) is 0 Å². The van der Waals surface area contributed by atoms with Crippen molar-refractivity contribution in [1.29, 1.82) is 5.26 Å². The molecule has 5 rings (SSSR count). The zero-order valence-electron chi connectivity index (χ0n) is 18.5. The van der Waals surface area contributed by atoms with Gasteiger partial charge in [-0.3, -0.25) is 4.79 Å². The first kappa shape index (κ1) is 22.9. The molecule has 3 atom stereocenters. The van der Waals surface area contributed by atoms with Gasteiger partial charge in [0.15, 0.2) is 0 Å². The van der Waals surface area contributed by atoms with Crippen LogP contribution < -0.4 is 0 Å². The topological polar surface area (TPSA) is 53.3 Å². The summed E-state index contributed by atoms with van der Waals surface area (Å²) in [6, 6.07) is 24.5. The molecule has 0 bridgehead atoms. The second-order valence-electron chi connectivity index (χ2n) is 9.04. The smallest absolute Gasteiger partial charge is 0.252 e. The minimum atomic E-state index is -0.626. The van der Waals surface area contributed by atoms with Crippen molar-refractivity contribution in [1.82, 2.24) is 4.90 Å². The molecule has 1 saturated carbocycles. The van der Waals surface area contributed by atoms with Crippen LogP contribution in [-0.2, 0) is 16.0 Å². The van der Waals surface area contributed by atoms with E-state index in [1.54, 1.807) is 12.1 Å². The monoisotopic (exact) mass is 490 g/mol. The second kappa shape index (κ2) is 9.80. The van der Waals surface area contributed by atoms with E-state index in [9.17, 15) is 4.79 Å². The summed E-state index contributed by atoms with van der Waals surface area (Å²) in [7, 11) is 0. The number of morpholine rings is 1. The third kappa shape index (κ3) is 4.98. The lowest BCUT2D eigenvalue weighted by Gasteiger charge is -2.45. The fourth-order valence-corrected chi connectivity index (χ4v) is 4.93. The van der Waals surface area contributed by atoms with Crippen LogP contribution in [0.2, 0.25) is 10.0 Å². The number of nitrogens with zero attached hydrogens (tertiary/aromatic N) is 2. The maximum Gasteiger partial charge on any atom is 0.252 e. The number of ether oxygens (including phenoxy) is 1. The van der Waals surface area contributed by atoms with Crippen molar-refractivity contribution >= 4 is 29.1 Å². The summed E-state index contributed by atoms with van der Waals surface area (Å²) >= 11 is 12.5. The SMILES string of the molecule is N#Cc1ccc(C[C@H]2O[C@H](c3cccc(Cl)c3)[C@H](c3ccc(Cl)cc3)N(CC3CC3)C2=O)cc1. The number of hydrogen-bond acceptors (Lipinski definition) is 3. The molecule has 1 aliphatic heterocycles. The molecule has 34 heavy (non-hydrogen) atoms. The first-order valence-electron chi connectivity index (χ1n) is 11.5. The van der Waals surface area contributed by atoms with E-state index in [1.165, 1.54) is 0 Å². The quantitative estimate of drug-likeness (QED) is 0.394. The number of benzene rings is 3. The van der Waals surface area contributed by atoms with Crippen LogP contribution >= 0.6 is 23.2 Å². The number of carbonyl (C=O) groups is 1. The highest BCUT2D eigenvalue weighted by atomic mass is 35.5. The van der Waals surface area contributed by atoms with E-state index in [-0.39, 0.29) is 18.1 Å². The minimum absolute atomic E-state index is 0.00510. The third-order valence-electron chi connectivity index (χ3n) is 6.54. The lowest BCUT2D eigenvalue weighted by atomic mass is 9.90. The van der Waals surface area contributed by atoms with Crippen molar-refractivity contribution < 1.29 is 9.53 Å². The van der Waals surface area contributed by atoms with Crippen LogP contribution in [0.1, 0.15) is 47.2 Å². The molecule has 2 aliphatic rings. The maximum absolute atomic E-state index is 13.8. The highest BCUT2D eigenvalue weighted by Crippen LogP contribution is 2.45. The molecule has 172 valence electrons. The van der Waals surface area contributed by atoms with Crippen molar-refractivity contribution in [2.45, 2.75) is 37.5 Å². The zero-order chi connectivity index (χ0) is 23.7. The molecule has 3 aromatic rings. The standard InChI is InChI=1S/C28H24Cl2N2O2/c29-23-12-10-21(11-13-23)26-27(22-2-1-3-24(30)15-22)34-25(28(33)32(26)17-20-8-9-20)14-18-4-6-19(16-31)7-5-18/h1-7,10-13,15,20,25-27H,8-9,14,17H2/t25-,26+,27-/m1/s1. The summed E-state index contributed by atoms with van der Waals surface area (Å²) in [4.78, 5) is 15.8. The van der Waals surface area contributed by atoms with Crippen molar-refractivity contribution in [3.63, 3.8) is 0 Å². The molecular formula is C28H24Cl2N2O2. The van der Waals surface area contributed by atoms with Crippen molar-refractivity contribution in [2.24, 2.45) is 5.92 Å². The maximum atomic E-state index is 13.8. The highest BCUT2D eigenvalue weighted by Gasteiger charge is 2.45. The average Bonchev–Trinajstić information content (AvgIpc) is 3.67. The fourth-order valence-electron chi connectivity index (χ4n) is 4.60. The van der Waals surface area contributed by atoms with Gasteiger partial charge < -0.3 is 9.64 Å². The van der Waals surface area contributed by atoms with E-state index in [2.05, 4.69) is 6.07 Å². The summed E-state index contributed by atoms with van der Waals surface area (Å²) in [5.41, 5.74) is 3.47. The van der Waals surface area contributed by atoms with Gasteiger partial charge in [0.05, 0.1) is 17.7 Å². The van der Waals surface area contributed by atoms with Gasteiger partial charge in [-0.05, 0) is 71.8 Å². The molecule has 0 unspecified atom stereocenters. The predicted octanol–water partition coefficient (Wildman–Crippen LogP) is 6.53. The molecule has 0 N–H and O–H groups in total. The van der Waals surface area contributed by atoms with Gasteiger partial charge in [-0.2, -0.15) is 5.26 Å². The van der Waals surface area contributed by atoms with Crippen LogP contribution in [0.25, 0.3) is 0 Å². The van der Waals surface area contributed by atoms with Crippen molar-refractivity contribution in [3.8, 4) is 6.07 Å². The van der Waals surface area contributed by atoms with Gasteiger partial charge in [0.25, 0.3) is 5.91 Å². The van der Waals surface area contributed by atoms with E-state index in [4.69, 9.17) is 33.2 Å². The minimum Gasteiger partial charge on any atom is -0.358 e. The summed E-state index contributed by atoms with van der Waals surface area (Å²) in [5.74, 6) is 0.516. The Morgan fingerprint density at radius 3 is 2.32 bits per heavy atom. The van der Waals surface area contributed by atoms with Gasteiger partial charge in [0.2, 0.25) is 0 Å². The van der Waals surface area contributed by atoms with Gasteiger partial charge in [-0.1, -0.05) is 59.6 Å². The first-order valence-corrected chi connectivity index (χ1v) is 12.2. The van der Waals surface area contributed by atoms with Gasteiger partial charge in [-0.25, -0.2) is 0 Å². The van der Waals surface area contributed by atoms with Crippen molar-refractivity contribution in [2.75, 3.05) is 6.54 Å². The number of carbonyl (C=O) groups excluding carboxylic acids is 1. The zero-order valence-corrected chi connectivity index (χ0v) is 20.0. The van der Waals surface area contributed by atoms with E-state index in [1.807, 2.05) is 65.6 Å². The number of rotatable bonds is 6. The van der Waals surface area contributed by atoms with E-state index in [0.29, 0.717) is 34.5 Å². The summed E-state index contributed by atoms with van der Waals surface area (Å²) in [6.07, 6.45) is 1.72. The number of hydrogen-bond donors (Lipinski definition) is 0. The Balaban J connectivity index is 1.54. The van der Waals surface area contributed by atoms with E-state index < -0.39 is 6.10 Å². The molecule has 0 aromatic heterocycles. The molecule has 1 amide bonds. The van der Waals surface area contributed by atoms with Gasteiger partial charge in [0, 0.05) is 23.0 Å². The number of nitriles is 1. The highest BCUT2D eigenvalue weighted by molar-refractivity contribution is 6.30. The summed E-state index contributed by atoms with van der Waals surface area (Å²) < 4.78 is 6.58. The van der Waals surface area contributed by atoms with Crippen molar-refractivity contribution in [3.05, 3.63) is 105 Å². The van der Waals surface area contributed by atoms with Crippen LogP contribution in [0.5, 0.6) is 0 Å². The molecule has 0 radical (unpaired) electrons. The Kier molecular flexibility index (Phi) is 6.61. The Morgan fingerprint density at radius 2 is 1.68 bits per heavy atom. The Labute approximate surface area is 209 Å².